The van der Waals surface area contributed by atoms with E-state index in [4.69, 9.17) is 4.74 Å². The van der Waals surface area contributed by atoms with Gasteiger partial charge in [0.15, 0.2) is 12.4 Å². The summed E-state index contributed by atoms with van der Waals surface area (Å²) in [6.07, 6.45) is 3.50. The predicted molar refractivity (Wildman–Crippen MR) is 65.1 cm³/mol. The van der Waals surface area contributed by atoms with Crippen LogP contribution in [0.5, 0.6) is 0 Å². The van der Waals surface area contributed by atoms with E-state index in [1.807, 2.05) is 6.07 Å². The molecular formula is C13H11N2O4+. The van der Waals surface area contributed by atoms with Crippen molar-refractivity contribution in [2.75, 3.05) is 0 Å². The molecule has 0 unspecified atom stereocenters. The van der Waals surface area contributed by atoms with E-state index in [-0.39, 0.29) is 18.0 Å². The molecule has 0 spiro atoms. The smallest absolute Gasteiger partial charge is 0.343 e. The van der Waals surface area contributed by atoms with Gasteiger partial charge in [0, 0.05) is 24.3 Å². The molecule has 0 aliphatic rings. The summed E-state index contributed by atoms with van der Waals surface area (Å²) in [5.74, 6) is -0.597. The van der Waals surface area contributed by atoms with Crippen molar-refractivity contribution >= 4 is 11.7 Å². The Morgan fingerprint density at radius 1 is 1.21 bits per heavy atom. The van der Waals surface area contributed by atoms with Crippen LogP contribution in [0.2, 0.25) is 0 Å². The maximum absolute atomic E-state index is 11.7. The number of hydrogen-bond donors (Lipinski definition) is 0. The summed E-state index contributed by atoms with van der Waals surface area (Å²) in [6, 6.07) is 10.9. The van der Waals surface area contributed by atoms with Gasteiger partial charge in [0.05, 0.1) is 10.5 Å². The van der Waals surface area contributed by atoms with Gasteiger partial charge in [-0.2, -0.15) is 4.57 Å². The van der Waals surface area contributed by atoms with E-state index in [1.165, 1.54) is 24.3 Å². The van der Waals surface area contributed by atoms with Crippen LogP contribution >= 0.6 is 0 Å². The minimum atomic E-state index is -0.597. The molecule has 0 bridgehead atoms. The second-order valence-corrected chi connectivity index (χ2v) is 3.76. The monoisotopic (exact) mass is 259 g/mol. The number of nitro benzene ring substituents is 1. The number of nitrogens with zero attached hydrogens (tertiary/aromatic N) is 2. The molecule has 1 aromatic heterocycles. The molecule has 0 fully saturated rings. The number of benzene rings is 1. The summed E-state index contributed by atoms with van der Waals surface area (Å²) >= 11 is 0. The van der Waals surface area contributed by atoms with Crippen molar-refractivity contribution in [3.8, 4) is 0 Å². The number of ether oxygens (including phenoxy) is 1. The molecule has 6 heteroatoms. The zero-order valence-corrected chi connectivity index (χ0v) is 9.93. The molecule has 0 amide bonds. The molecule has 1 aromatic carbocycles. The Bertz CT molecular complexity index is 599. The van der Waals surface area contributed by atoms with E-state index in [2.05, 4.69) is 0 Å². The summed E-state index contributed by atoms with van der Waals surface area (Å²) < 4.78 is 6.73. The Hall–Kier alpha value is -2.76. The quantitative estimate of drug-likeness (QED) is 0.362. The number of nitro groups is 1. The van der Waals surface area contributed by atoms with Crippen molar-refractivity contribution in [1.29, 1.82) is 0 Å². The summed E-state index contributed by atoms with van der Waals surface area (Å²) in [6.45, 7) is 0.0579. The van der Waals surface area contributed by atoms with Gasteiger partial charge in [-0.3, -0.25) is 10.1 Å². The second kappa shape index (κ2) is 5.72. The number of hydrogen-bond acceptors (Lipinski definition) is 4. The van der Waals surface area contributed by atoms with Crippen molar-refractivity contribution in [2.24, 2.45) is 0 Å². The highest BCUT2D eigenvalue weighted by atomic mass is 16.6. The Labute approximate surface area is 109 Å². The molecule has 96 valence electrons. The molecular weight excluding hydrogens is 248 g/mol. The number of esters is 1. The Morgan fingerprint density at radius 3 is 2.63 bits per heavy atom. The van der Waals surface area contributed by atoms with Crippen molar-refractivity contribution in [3.05, 3.63) is 70.5 Å². The van der Waals surface area contributed by atoms with Gasteiger partial charge in [0.2, 0.25) is 0 Å². The number of carbonyl (C=O) groups is 1. The van der Waals surface area contributed by atoms with Crippen LogP contribution in [0.4, 0.5) is 5.69 Å². The van der Waals surface area contributed by atoms with Crippen LogP contribution in [0.1, 0.15) is 10.4 Å². The number of pyridine rings is 1. The normalized spacial score (nSPS) is 9.89. The van der Waals surface area contributed by atoms with E-state index in [1.54, 1.807) is 29.1 Å². The van der Waals surface area contributed by atoms with Gasteiger partial charge >= 0.3 is 5.97 Å². The van der Waals surface area contributed by atoms with Crippen LogP contribution in [0, 0.1) is 10.1 Å². The molecule has 0 saturated carbocycles. The highest BCUT2D eigenvalue weighted by molar-refractivity contribution is 5.89. The highest BCUT2D eigenvalue weighted by Crippen LogP contribution is 2.13. The van der Waals surface area contributed by atoms with E-state index < -0.39 is 10.9 Å². The lowest BCUT2D eigenvalue weighted by Crippen LogP contribution is -2.34. The minimum absolute atomic E-state index is 0.0579. The fourth-order valence-electron chi connectivity index (χ4n) is 1.48. The molecule has 19 heavy (non-hydrogen) atoms. The van der Waals surface area contributed by atoms with E-state index in [9.17, 15) is 14.9 Å². The molecule has 2 aromatic rings. The highest BCUT2D eigenvalue weighted by Gasteiger charge is 2.13. The molecule has 0 aliphatic carbocycles. The van der Waals surface area contributed by atoms with Gasteiger partial charge in [0.25, 0.3) is 12.4 Å². The summed E-state index contributed by atoms with van der Waals surface area (Å²) in [7, 11) is 0. The van der Waals surface area contributed by atoms with Gasteiger partial charge in [-0.15, -0.1) is 0 Å². The van der Waals surface area contributed by atoms with Gasteiger partial charge in [0.1, 0.15) is 0 Å². The van der Waals surface area contributed by atoms with Crippen LogP contribution in [0.3, 0.4) is 0 Å². The Balaban J connectivity index is 2.04. The molecule has 0 atom stereocenters. The Morgan fingerprint density at radius 2 is 1.95 bits per heavy atom. The summed E-state index contributed by atoms with van der Waals surface area (Å²) in [5.41, 5.74) is 0.0209. The number of aromatic nitrogens is 1. The van der Waals surface area contributed by atoms with E-state index in [0.29, 0.717) is 0 Å². The molecule has 0 radical (unpaired) electrons. The zero-order chi connectivity index (χ0) is 13.7. The fourth-order valence-corrected chi connectivity index (χ4v) is 1.48. The first kappa shape index (κ1) is 12.7. The van der Waals surface area contributed by atoms with Crippen LogP contribution in [0.15, 0.2) is 54.9 Å². The van der Waals surface area contributed by atoms with Crippen LogP contribution in [-0.4, -0.2) is 10.9 Å². The second-order valence-electron chi connectivity index (χ2n) is 3.76. The summed E-state index contributed by atoms with van der Waals surface area (Å²) in [5, 5.41) is 10.6. The van der Waals surface area contributed by atoms with Crippen LogP contribution < -0.4 is 4.57 Å². The standard InChI is InChI=1S/C13H11N2O4/c16-13(19-10-14-7-2-1-3-8-14)11-5-4-6-12(9-11)15(17)18/h1-9H,10H2/q+1. The number of rotatable bonds is 4. The van der Waals surface area contributed by atoms with Gasteiger partial charge in [-0.1, -0.05) is 12.1 Å². The molecule has 0 N–H and O–H groups in total. The SMILES string of the molecule is O=C(OC[n+]1ccccc1)c1cccc([N+](=O)[O-])c1. The molecule has 6 nitrogen and oxygen atoms in total. The van der Waals surface area contributed by atoms with Crippen molar-refractivity contribution in [1.82, 2.24) is 0 Å². The Kier molecular flexibility index (Phi) is 3.82. The molecule has 2 rings (SSSR count). The first-order valence-corrected chi connectivity index (χ1v) is 5.52. The molecule has 0 saturated heterocycles. The maximum Gasteiger partial charge on any atom is 0.343 e. The lowest BCUT2D eigenvalue weighted by molar-refractivity contribution is -0.727. The van der Waals surface area contributed by atoms with Crippen molar-refractivity contribution in [3.63, 3.8) is 0 Å². The first-order chi connectivity index (χ1) is 9.16. The topological polar surface area (TPSA) is 73.3 Å². The molecule has 0 aliphatic heterocycles. The molecule has 1 heterocycles. The van der Waals surface area contributed by atoms with Gasteiger partial charge < -0.3 is 4.74 Å². The summed E-state index contributed by atoms with van der Waals surface area (Å²) in [4.78, 5) is 21.8. The first-order valence-electron chi connectivity index (χ1n) is 5.52. The van der Waals surface area contributed by atoms with Crippen molar-refractivity contribution in [2.45, 2.75) is 6.73 Å². The van der Waals surface area contributed by atoms with E-state index >= 15 is 0 Å². The predicted octanol–water partition coefficient (Wildman–Crippen LogP) is 1.70. The van der Waals surface area contributed by atoms with Gasteiger partial charge in [-0.05, 0) is 6.07 Å². The average Bonchev–Trinajstić information content (AvgIpc) is 2.46. The maximum atomic E-state index is 11.7. The third-order valence-corrected chi connectivity index (χ3v) is 2.41. The lowest BCUT2D eigenvalue weighted by atomic mass is 10.2. The largest absolute Gasteiger partial charge is 0.401 e. The lowest BCUT2D eigenvalue weighted by Gasteiger charge is -2.01. The zero-order valence-electron chi connectivity index (χ0n) is 9.93. The fraction of sp³-hybridized carbons (Fsp3) is 0.0769. The van der Waals surface area contributed by atoms with Crippen molar-refractivity contribution < 1.29 is 19.0 Å². The number of non-ortho nitro benzene ring substituents is 1. The third-order valence-electron chi connectivity index (χ3n) is 2.41. The van der Waals surface area contributed by atoms with Crippen LogP contribution in [-0.2, 0) is 11.5 Å². The average molecular weight is 259 g/mol. The van der Waals surface area contributed by atoms with Crippen LogP contribution in [0.25, 0.3) is 0 Å². The van der Waals surface area contributed by atoms with E-state index in [0.717, 1.165) is 0 Å². The van der Waals surface area contributed by atoms with Gasteiger partial charge in [-0.25, -0.2) is 4.79 Å². The number of carbonyl (C=O) groups excluding carboxylic acids is 1. The minimum Gasteiger partial charge on any atom is -0.401 e. The third kappa shape index (κ3) is 3.35.